The van der Waals surface area contributed by atoms with Crippen molar-refractivity contribution in [2.24, 2.45) is 0 Å². The molecule has 7 heteroatoms. The summed E-state index contributed by atoms with van der Waals surface area (Å²) in [6.45, 7) is 15.3. The molecular formula is C28H36N4O3. The van der Waals surface area contributed by atoms with Crippen LogP contribution in [-0.2, 0) is 10.8 Å². The number of imide groups is 1. The van der Waals surface area contributed by atoms with Crippen LogP contribution in [0.15, 0.2) is 24.3 Å². The molecule has 0 bridgehead atoms. The monoisotopic (exact) mass is 476 g/mol. The zero-order chi connectivity index (χ0) is 25.7. The smallest absolute Gasteiger partial charge is 0.261 e. The van der Waals surface area contributed by atoms with Crippen molar-refractivity contribution in [3.8, 4) is 11.4 Å². The molecule has 3 aromatic rings. The summed E-state index contributed by atoms with van der Waals surface area (Å²) < 4.78 is 0. The zero-order valence-electron chi connectivity index (χ0n) is 21.9. The highest BCUT2D eigenvalue weighted by molar-refractivity contribution is 6.22. The van der Waals surface area contributed by atoms with Crippen molar-refractivity contribution in [3.63, 3.8) is 0 Å². The van der Waals surface area contributed by atoms with E-state index in [1.54, 1.807) is 12.1 Å². The van der Waals surface area contributed by atoms with Crippen molar-refractivity contribution in [2.75, 3.05) is 6.54 Å². The highest BCUT2D eigenvalue weighted by Crippen LogP contribution is 2.41. The number of rotatable bonds is 8. The summed E-state index contributed by atoms with van der Waals surface area (Å²) in [4.78, 5) is 28.5. The van der Waals surface area contributed by atoms with Crippen molar-refractivity contribution in [2.45, 2.75) is 85.0 Å². The van der Waals surface area contributed by atoms with Crippen molar-refractivity contribution in [3.05, 3.63) is 46.5 Å². The molecule has 0 saturated carbocycles. The van der Waals surface area contributed by atoms with Crippen molar-refractivity contribution in [1.82, 2.24) is 19.9 Å². The van der Waals surface area contributed by atoms with E-state index in [0.717, 1.165) is 36.8 Å². The van der Waals surface area contributed by atoms with Gasteiger partial charge in [0.25, 0.3) is 11.8 Å². The lowest BCUT2D eigenvalue weighted by Crippen LogP contribution is -2.30. The summed E-state index contributed by atoms with van der Waals surface area (Å²) in [5.41, 5.74) is 3.87. The predicted molar refractivity (Wildman–Crippen MR) is 137 cm³/mol. The number of amides is 2. The van der Waals surface area contributed by atoms with Crippen LogP contribution in [0, 0.1) is 0 Å². The molecule has 0 atom stereocenters. The highest BCUT2D eigenvalue weighted by atomic mass is 16.3. The normalized spacial score (nSPS) is 14.3. The molecule has 2 amide bonds. The Balaban J connectivity index is 1.86. The number of nitrogens with zero attached hydrogens (tertiary/aromatic N) is 4. The van der Waals surface area contributed by atoms with Gasteiger partial charge in [0.15, 0.2) is 0 Å². The van der Waals surface area contributed by atoms with Gasteiger partial charge in [-0.25, -0.2) is 0 Å². The van der Waals surface area contributed by atoms with Gasteiger partial charge in [0.05, 0.1) is 11.1 Å². The van der Waals surface area contributed by atoms with E-state index < -0.39 is 0 Å². The summed E-state index contributed by atoms with van der Waals surface area (Å²) in [6, 6.07) is 7.34. The van der Waals surface area contributed by atoms with Crippen molar-refractivity contribution < 1.29 is 14.7 Å². The molecule has 1 aromatic heterocycles. The Labute approximate surface area is 207 Å². The van der Waals surface area contributed by atoms with Gasteiger partial charge in [0, 0.05) is 12.1 Å². The molecule has 4 rings (SSSR count). The molecule has 0 saturated heterocycles. The zero-order valence-corrected chi connectivity index (χ0v) is 21.9. The van der Waals surface area contributed by atoms with Crippen LogP contribution >= 0.6 is 0 Å². The maximum Gasteiger partial charge on any atom is 0.261 e. The Morgan fingerprint density at radius 1 is 0.829 bits per heavy atom. The molecule has 0 radical (unpaired) electrons. The number of carbonyl (C=O) groups excluding carboxylic acids is 2. The number of hydrogen-bond donors (Lipinski definition) is 1. The second-order valence-electron chi connectivity index (χ2n) is 10.9. The molecule has 7 nitrogen and oxygen atoms in total. The number of aromatic hydroxyl groups is 1. The summed E-state index contributed by atoms with van der Waals surface area (Å²) in [5, 5.41) is 20.6. The number of phenolic OH excluding ortho intramolecular Hbond substituents is 1. The van der Waals surface area contributed by atoms with E-state index in [1.165, 1.54) is 9.70 Å². The Bertz CT molecular complexity index is 1270. The number of phenols is 1. The van der Waals surface area contributed by atoms with E-state index in [9.17, 15) is 14.7 Å². The number of carbonyl (C=O) groups is 2. The molecule has 1 aliphatic heterocycles. The second kappa shape index (κ2) is 8.77. The average Bonchev–Trinajstić information content (AvgIpc) is 3.34. The molecule has 1 N–H and O–H groups in total. The van der Waals surface area contributed by atoms with Crippen LogP contribution < -0.4 is 0 Å². The first kappa shape index (κ1) is 24.9. The Morgan fingerprint density at radius 3 is 1.86 bits per heavy atom. The lowest BCUT2D eigenvalue weighted by Gasteiger charge is -2.30. The molecule has 0 spiro atoms. The van der Waals surface area contributed by atoms with Gasteiger partial charge in [-0.15, -0.1) is 15.0 Å². The highest BCUT2D eigenvalue weighted by Gasteiger charge is 2.36. The van der Waals surface area contributed by atoms with Crippen LogP contribution in [0.5, 0.6) is 5.75 Å². The maximum absolute atomic E-state index is 12.9. The van der Waals surface area contributed by atoms with Crippen LogP contribution in [0.4, 0.5) is 0 Å². The topological polar surface area (TPSA) is 88.3 Å². The maximum atomic E-state index is 12.9. The Morgan fingerprint density at radius 2 is 1.37 bits per heavy atom. The molecule has 35 heavy (non-hydrogen) atoms. The lowest BCUT2D eigenvalue weighted by atomic mass is 9.76. The number of aromatic nitrogens is 3. The molecule has 0 aliphatic carbocycles. The molecular weight excluding hydrogens is 440 g/mol. The molecule has 1 aliphatic rings. The van der Waals surface area contributed by atoms with E-state index in [4.69, 9.17) is 0 Å². The van der Waals surface area contributed by atoms with Crippen molar-refractivity contribution in [1.29, 1.82) is 0 Å². The number of benzene rings is 2. The minimum atomic E-state index is -0.281. The Kier molecular flexibility index (Phi) is 6.24. The summed E-state index contributed by atoms with van der Waals surface area (Å²) >= 11 is 0. The Hall–Kier alpha value is -3.22. The number of hydrogen-bond acceptors (Lipinski definition) is 5. The second-order valence-corrected chi connectivity index (χ2v) is 10.9. The van der Waals surface area contributed by atoms with Gasteiger partial charge >= 0.3 is 0 Å². The predicted octanol–water partition coefficient (Wildman–Crippen LogP) is 5.90. The summed E-state index contributed by atoms with van der Waals surface area (Å²) in [5.74, 6) is -0.411. The quantitative estimate of drug-likeness (QED) is 0.409. The first-order chi connectivity index (χ1) is 16.4. The van der Waals surface area contributed by atoms with Crippen LogP contribution in [0.1, 0.15) is 106 Å². The summed E-state index contributed by atoms with van der Waals surface area (Å²) in [6.07, 6.45) is 3.46. The van der Waals surface area contributed by atoms with E-state index in [0.29, 0.717) is 34.4 Å². The lowest BCUT2D eigenvalue weighted by molar-refractivity contribution is 0.0652. The first-order valence-electron chi connectivity index (χ1n) is 12.6. The molecule has 0 unspecified atom stereocenters. The molecule has 2 heterocycles. The number of fused-ring (bicyclic) bond motifs is 2. The fraction of sp³-hybridized carbons (Fsp3) is 0.500. The summed E-state index contributed by atoms with van der Waals surface area (Å²) in [7, 11) is 0. The molecule has 186 valence electrons. The van der Waals surface area contributed by atoms with Gasteiger partial charge in [0.2, 0.25) is 0 Å². The third kappa shape index (κ3) is 4.11. The minimum absolute atomic E-state index is 0.102. The molecule has 2 aromatic carbocycles. The molecule has 0 fully saturated rings. The third-order valence-electron chi connectivity index (χ3n) is 7.79. The van der Waals surface area contributed by atoms with E-state index in [2.05, 4.69) is 57.8 Å². The third-order valence-corrected chi connectivity index (χ3v) is 7.79. The van der Waals surface area contributed by atoms with E-state index >= 15 is 0 Å². The van der Waals surface area contributed by atoms with Gasteiger partial charge < -0.3 is 5.11 Å². The fourth-order valence-electron chi connectivity index (χ4n) is 4.40. The van der Waals surface area contributed by atoms with Gasteiger partial charge in [-0.2, -0.15) is 0 Å². The van der Waals surface area contributed by atoms with Crippen LogP contribution in [0.3, 0.4) is 0 Å². The largest absolute Gasteiger partial charge is 0.505 e. The minimum Gasteiger partial charge on any atom is -0.505 e. The van der Waals surface area contributed by atoms with Gasteiger partial charge in [0.1, 0.15) is 22.5 Å². The first-order valence-corrected chi connectivity index (χ1v) is 12.6. The standard InChI is InChI=1S/C28H36N4O3/c1-8-11-12-31-25(34)18-15-21-22(16-19(18)26(31)35)30-32(29-21)23-14-17(27(4,5)9-2)13-20(24(23)33)28(6,7)10-3/h13-16,33H,8-12H2,1-7H3. The van der Waals surface area contributed by atoms with E-state index in [-0.39, 0.29) is 28.4 Å². The van der Waals surface area contributed by atoms with Crippen LogP contribution in [0.2, 0.25) is 0 Å². The average molecular weight is 477 g/mol. The van der Waals surface area contributed by atoms with Gasteiger partial charge in [-0.1, -0.05) is 61.0 Å². The van der Waals surface area contributed by atoms with Crippen LogP contribution in [-0.4, -0.2) is 43.4 Å². The van der Waals surface area contributed by atoms with E-state index in [1.807, 2.05) is 13.0 Å². The SMILES string of the molecule is CCCCN1C(=O)c2cc3nn(-c4cc(C(C)(C)CC)cc(C(C)(C)CC)c4O)nc3cc2C1=O. The van der Waals surface area contributed by atoms with Gasteiger partial charge in [-0.3, -0.25) is 14.5 Å². The number of unbranched alkanes of at least 4 members (excludes halogenated alkanes) is 1. The fourth-order valence-corrected chi connectivity index (χ4v) is 4.40. The van der Waals surface area contributed by atoms with Crippen LogP contribution in [0.25, 0.3) is 16.7 Å². The van der Waals surface area contributed by atoms with Gasteiger partial charge in [-0.05, 0) is 53.9 Å². The van der Waals surface area contributed by atoms with Crippen molar-refractivity contribution >= 4 is 22.8 Å².